The Kier molecular flexibility index (Phi) is 3.38. The van der Waals surface area contributed by atoms with Crippen molar-refractivity contribution in [1.82, 2.24) is 9.97 Å². The van der Waals surface area contributed by atoms with Crippen molar-refractivity contribution in [1.29, 1.82) is 0 Å². The molecule has 17 heavy (non-hydrogen) atoms. The van der Waals surface area contributed by atoms with Gasteiger partial charge in [0.05, 0.1) is 32.7 Å². The molecule has 2 heterocycles. The molecule has 1 fully saturated rings. The van der Waals surface area contributed by atoms with Crippen molar-refractivity contribution in [2.24, 2.45) is 0 Å². The number of morpholine rings is 1. The first-order chi connectivity index (χ1) is 8.22. The van der Waals surface area contributed by atoms with Gasteiger partial charge >= 0.3 is 5.97 Å². The lowest BCUT2D eigenvalue weighted by Crippen LogP contribution is -2.50. The molecule has 7 heteroatoms. The van der Waals surface area contributed by atoms with Crippen molar-refractivity contribution in [2.75, 3.05) is 31.8 Å². The molecule has 1 aromatic heterocycles. The number of rotatable bonds is 3. The zero-order valence-electron chi connectivity index (χ0n) is 9.37. The Bertz CT molecular complexity index is 412. The van der Waals surface area contributed by atoms with Crippen LogP contribution in [0, 0.1) is 0 Å². The third-order valence-electron chi connectivity index (χ3n) is 2.52. The molecule has 1 saturated heterocycles. The maximum Gasteiger partial charge on any atom is 0.328 e. The van der Waals surface area contributed by atoms with Gasteiger partial charge < -0.3 is 19.5 Å². The van der Waals surface area contributed by atoms with Gasteiger partial charge in [0, 0.05) is 6.54 Å². The summed E-state index contributed by atoms with van der Waals surface area (Å²) in [5.74, 6) is -0.0903. The molecule has 92 valence electrons. The fraction of sp³-hybridized carbons (Fsp3) is 0.500. The van der Waals surface area contributed by atoms with E-state index in [1.54, 1.807) is 4.90 Å². The molecule has 2 rings (SSSR count). The second-order valence-corrected chi connectivity index (χ2v) is 3.54. The monoisotopic (exact) mass is 239 g/mol. The van der Waals surface area contributed by atoms with E-state index in [0.717, 1.165) is 0 Å². The van der Waals surface area contributed by atoms with E-state index in [9.17, 15) is 4.79 Å². The van der Waals surface area contributed by atoms with E-state index in [2.05, 4.69) is 9.97 Å². The SMILES string of the molecule is COc1cncc(N2CCOCC2C(=O)O)n1. The molecule has 1 atom stereocenters. The first-order valence-electron chi connectivity index (χ1n) is 5.15. The summed E-state index contributed by atoms with van der Waals surface area (Å²) in [5, 5.41) is 9.10. The minimum absolute atomic E-state index is 0.147. The van der Waals surface area contributed by atoms with Crippen LogP contribution in [-0.4, -0.2) is 54.0 Å². The molecule has 1 N–H and O–H groups in total. The number of hydrogen-bond acceptors (Lipinski definition) is 6. The van der Waals surface area contributed by atoms with Crippen molar-refractivity contribution in [3.05, 3.63) is 12.4 Å². The van der Waals surface area contributed by atoms with Crippen LogP contribution in [-0.2, 0) is 9.53 Å². The number of nitrogens with zero attached hydrogens (tertiary/aromatic N) is 3. The van der Waals surface area contributed by atoms with Crippen LogP contribution in [0.1, 0.15) is 0 Å². The quantitative estimate of drug-likeness (QED) is 0.780. The molecule has 1 aliphatic rings. The molecule has 0 amide bonds. The Balaban J connectivity index is 2.26. The van der Waals surface area contributed by atoms with Gasteiger partial charge in [0.1, 0.15) is 0 Å². The Morgan fingerprint density at radius 3 is 3.18 bits per heavy atom. The van der Waals surface area contributed by atoms with Crippen LogP contribution in [0.2, 0.25) is 0 Å². The van der Waals surface area contributed by atoms with Crippen LogP contribution in [0.15, 0.2) is 12.4 Å². The summed E-state index contributed by atoms with van der Waals surface area (Å²) in [6.07, 6.45) is 2.99. The van der Waals surface area contributed by atoms with E-state index >= 15 is 0 Å². The Labute approximate surface area is 98.0 Å². The third kappa shape index (κ3) is 2.44. The summed E-state index contributed by atoms with van der Waals surface area (Å²) >= 11 is 0. The summed E-state index contributed by atoms with van der Waals surface area (Å²) in [5.41, 5.74) is 0. The highest BCUT2D eigenvalue weighted by Crippen LogP contribution is 2.18. The van der Waals surface area contributed by atoms with Crippen LogP contribution in [0.4, 0.5) is 5.82 Å². The number of aliphatic carboxylic acids is 1. The molecular weight excluding hydrogens is 226 g/mol. The second kappa shape index (κ2) is 4.96. The van der Waals surface area contributed by atoms with Crippen molar-refractivity contribution < 1.29 is 19.4 Å². The van der Waals surface area contributed by atoms with Crippen molar-refractivity contribution in [2.45, 2.75) is 6.04 Å². The van der Waals surface area contributed by atoms with Crippen molar-refractivity contribution in [3.63, 3.8) is 0 Å². The van der Waals surface area contributed by atoms with Crippen LogP contribution < -0.4 is 9.64 Å². The lowest BCUT2D eigenvalue weighted by molar-refractivity contribution is -0.141. The van der Waals surface area contributed by atoms with E-state index in [4.69, 9.17) is 14.6 Å². The summed E-state index contributed by atoms with van der Waals surface area (Å²) in [4.78, 5) is 20.9. The number of ether oxygens (including phenoxy) is 2. The van der Waals surface area contributed by atoms with Crippen molar-refractivity contribution >= 4 is 11.8 Å². The van der Waals surface area contributed by atoms with Crippen molar-refractivity contribution in [3.8, 4) is 5.88 Å². The lowest BCUT2D eigenvalue weighted by atomic mass is 10.2. The minimum atomic E-state index is -0.936. The normalized spacial score (nSPS) is 20.1. The average Bonchev–Trinajstić information content (AvgIpc) is 2.39. The molecule has 1 unspecified atom stereocenters. The molecule has 0 saturated carbocycles. The van der Waals surface area contributed by atoms with Crippen LogP contribution in [0.5, 0.6) is 5.88 Å². The molecule has 1 aromatic rings. The predicted molar refractivity (Wildman–Crippen MR) is 58.2 cm³/mol. The van der Waals surface area contributed by atoms with Gasteiger partial charge in [0.2, 0.25) is 5.88 Å². The molecule has 0 bridgehead atoms. The van der Waals surface area contributed by atoms with Crippen LogP contribution >= 0.6 is 0 Å². The second-order valence-electron chi connectivity index (χ2n) is 3.54. The Morgan fingerprint density at radius 1 is 1.65 bits per heavy atom. The number of carbonyl (C=O) groups is 1. The summed E-state index contributed by atoms with van der Waals surface area (Å²) in [7, 11) is 1.49. The minimum Gasteiger partial charge on any atom is -0.480 e. The molecular formula is C10H13N3O4. The number of carboxylic acids is 1. The molecule has 1 aliphatic heterocycles. The van der Waals surface area contributed by atoms with Crippen LogP contribution in [0.3, 0.4) is 0 Å². The van der Waals surface area contributed by atoms with E-state index in [1.165, 1.54) is 19.5 Å². The van der Waals surface area contributed by atoms with E-state index < -0.39 is 12.0 Å². The Morgan fingerprint density at radius 2 is 2.47 bits per heavy atom. The zero-order chi connectivity index (χ0) is 12.3. The average molecular weight is 239 g/mol. The van der Waals surface area contributed by atoms with Gasteiger partial charge in [0.25, 0.3) is 0 Å². The molecule has 0 spiro atoms. The van der Waals surface area contributed by atoms with Gasteiger partial charge in [-0.05, 0) is 0 Å². The predicted octanol–water partition coefficient (Wildman–Crippen LogP) is -0.225. The summed E-state index contributed by atoms with van der Waals surface area (Å²) < 4.78 is 10.1. The van der Waals surface area contributed by atoms with Gasteiger partial charge in [-0.2, -0.15) is 4.98 Å². The smallest absolute Gasteiger partial charge is 0.328 e. The number of carboxylic acid groups (broad SMARTS) is 1. The topological polar surface area (TPSA) is 84.8 Å². The lowest BCUT2D eigenvalue weighted by Gasteiger charge is -2.33. The Hall–Kier alpha value is -1.89. The molecule has 7 nitrogen and oxygen atoms in total. The van der Waals surface area contributed by atoms with Crippen LogP contribution in [0.25, 0.3) is 0 Å². The highest BCUT2D eigenvalue weighted by molar-refractivity contribution is 5.78. The molecule has 0 aliphatic carbocycles. The van der Waals surface area contributed by atoms with E-state index in [0.29, 0.717) is 24.8 Å². The molecule has 0 radical (unpaired) electrons. The highest BCUT2D eigenvalue weighted by atomic mass is 16.5. The maximum absolute atomic E-state index is 11.1. The van der Waals surface area contributed by atoms with Gasteiger partial charge in [-0.1, -0.05) is 0 Å². The first-order valence-corrected chi connectivity index (χ1v) is 5.15. The third-order valence-corrected chi connectivity index (χ3v) is 2.52. The van der Waals surface area contributed by atoms with Gasteiger partial charge in [-0.3, -0.25) is 4.98 Å². The first kappa shape index (κ1) is 11.6. The highest BCUT2D eigenvalue weighted by Gasteiger charge is 2.30. The van der Waals surface area contributed by atoms with Gasteiger partial charge in [-0.15, -0.1) is 0 Å². The largest absolute Gasteiger partial charge is 0.480 e. The standard InChI is InChI=1S/C10H13N3O4/c1-16-9-5-11-4-8(12-9)13-2-3-17-6-7(13)10(14)15/h4-5,7H,2-3,6H2,1H3,(H,14,15). The number of hydrogen-bond donors (Lipinski definition) is 1. The maximum atomic E-state index is 11.1. The number of anilines is 1. The fourth-order valence-electron chi connectivity index (χ4n) is 1.66. The van der Waals surface area contributed by atoms with E-state index in [1.807, 2.05) is 0 Å². The number of methoxy groups -OCH3 is 1. The number of aromatic nitrogens is 2. The summed E-state index contributed by atoms with van der Waals surface area (Å²) in [6.45, 7) is 1.09. The van der Waals surface area contributed by atoms with Gasteiger partial charge in [-0.25, -0.2) is 4.79 Å². The molecule has 0 aromatic carbocycles. The van der Waals surface area contributed by atoms with Gasteiger partial charge in [0.15, 0.2) is 11.9 Å². The van der Waals surface area contributed by atoms with E-state index in [-0.39, 0.29) is 6.61 Å². The fourth-order valence-corrected chi connectivity index (χ4v) is 1.66. The summed E-state index contributed by atoms with van der Waals surface area (Å²) in [6, 6.07) is -0.731. The zero-order valence-corrected chi connectivity index (χ0v) is 9.37.